The van der Waals surface area contributed by atoms with E-state index >= 15 is 14.4 Å². The predicted molar refractivity (Wildman–Crippen MR) is 371 cm³/mol. The minimum absolute atomic E-state index is 0.00156. The summed E-state index contributed by atoms with van der Waals surface area (Å²) in [7, 11) is 10.2. The second kappa shape index (κ2) is 38.0. The highest BCUT2D eigenvalue weighted by Crippen LogP contribution is 2.35. The van der Waals surface area contributed by atoms with Crippen molar-refractivity contribution < 1.29 is 57.5 Å². The molecule has 4 aromatic rings. The fourth-order valence-electron chi connectivity index (χ4n) is 11.0. The number of carbonyl (C=O) groups is 11. The number of hydrogen-bond acceptors (Lipinski definition) is 15. The average molecular weight is 1350 g/mol. The van der Waals surface area contributed by atoms with Crippen molar-refractivity contribution in [2.24, 2.45) is 23.5 Å². The number of esters is 1. The molecule has 2 unspecified atom stereocenters. The summed E-state index contributed by atoms with van der Waals surface area (Å²) < 4.78 is 5.70. The fourth-order valence-corrected chi connectivity index (χ4v) is 13.5. The maximum Gasteiger partial charge on any atom is 0.310 e. The Hall–Kier alpha value is -7.89. The number of nitrogens with one attached hydrogen (secondary N) is 3. The lowest BCUT2D eigenvalue weighted by Gasteiger charge is -2.35. The van der Waals surface area contributed by atoms with Gasteiger partial charge in [-0.15, -0.1) is 0 Å². The molecule has 5 rings (SSSR count). The van der Waals surface area contributed by atoms with Gasteiger partial charge in [0.05, 0.1) is 30.6 Å². The number of benzene rings is 4. The maximum absolute atomic E-state index is 15.4. The molecule has 1 fully saturated rings. The lowest BCUT2D eigenvalue weighted by Crippen LogP contribution is -2.59. The van der Waals surface area contributed by atoms with Crippen LogP contribution >= 0.6 is 21.6 Å². The normalized spacial score (nSPS) is 22.5. The van der Waals surface area contributed by atoms with E-state index in [2.05, 4.69) is 36.7 Å². The Morgan fingerprint density at radius 2 is 1.08 bits per heavy atom. The molecule has 0 aliphatic carbocycles. The van der Waals surface area contributed by atoms with E-state index in [1.54, 1.807) is 133 Å². The molecule has 8 amide bonds. The number of ketones is 2. The van der Waals surface area contributed by atoms with Crippen LogP contribution in [0.1, 0.15) is 109 Å². The van der Waals surface area contributed by atoms with E-state index in [0.717, 1.165) is 10.5 Å². The molecule has 4 aromatic carbocycles. The van der Waals surface area contributed by atoms with Crippen LogP contribution in [0.5, 0.6) is 0 Å². The molecule has 0 aromatic heterocycles. The van der Waals surface area contributed by atoms with Crippen molar-refractivity contribution in [2.45, 2.75) is 160 Å². The zero-order valence-corrected chi connectivity index (χ0v) is 58.9. The van der Waals surface area contributed by atoms with Gasteiger partial charge in [0, 0.05) is 83.9 Å². The molecule has 0 radical (unpaired) electrons. The number of likely N-dealkylation sites (N-methyl/N-ethyl adjacent to an activating group) is 5. The van der Waals surface area contributed by atoms with Crippen molar-refractivity contribution in [2.75, 3.05) is 60.7 Å². The molecule has 21 nitrogen and oxygen atoms in total. The van der Waals surface area contributed by atoms with E-state index in [1.165, 1.54) is 72.6 Å². The lowest BCUT2D eigenvalue weighted by atomic mass is 9.91. The van der Waals surface area contributed by atoms with Crippen LogP contribution in [0.3, 0.4) is 0 Å². The number of nitrogens with two attached hydrogens (primary N) is 1. The van der Waals surface area contributed by atoms with E-state index < -0.39 is 133 Å². The number of carbonyl (C=O) groups excluding carboxylic acids is 11. The molecule has 5 N–H and O–H groups in total. The van der Waals surface area contributed by atoms with Crippen LogP contribution in [0, 0.1) is 17.8 Å². The number of ether oxygens (including phenoxy) is 1. The highest BCUT2D eigenvalue weighted by atomic mass is 33.1. The zero-order valence-electron chi connectivity index (χ0n) is 57.2. The molecule has 9 atom stereocenters. The molecule has 1 aliphatic rings. The van der Waals surface area contributed by atoms with Gasteiger partial charge in [-0.05, 0) is 73.6 Å². The van der Waals surface area contributed by atoms with Crippen molar-refractivity contribution in [1.29, 1.82) is 0 Å². The van der Waals surface area contributed by atoms with Crippen molar-refractivity contribution in [3.05, 3.63) is 144 Å². The monoisotopic (exact) mass is 1350 g/mol. The molecule has 0 saturated carbocycles. The van der Waals surface area contributed by atoms with Gasteiger partial charge in [-0.2, -0.15) is 0 Å². The number of unbranched alkanes of at least 4 members (excludes halogenated alkanes) is 1. The van der Waals surface area contributed by atoms with Gasteiger partial charge in [0.2, 0.25) is 41.4 Å². The van der Waals surface area contributed by atoms with Gasteiger partial charge in [-0.3, -0.25) is 52.7 Å². The van der Waals surface area contributed by atoms with Crippen LogP contribution in [-0.4, -0.2) is 197 Å². The molecular weight excluding hydrogens is 1250 g/mol. The summed E-state index contributed by atoms with van der Waals surface area (Å²) in [6, 6.07) is 27.5. The summed E-state index contributed by atoms with van der Waals surface area (Å²) in [5, 5.41) is 8.73. The third kappa shape index (κ3) is 25.0. The van der Waals surface area contributed by atoms with Crippen LogP contribution in [-0.2, 0) is 83.2 Å². The molecule has 1 saturated heterocycles. The topological polar surface area (TPSA) is 275 Å². The summed E-state index contributed by atoms with van der Waals surface area (Å²) in [4.78, 5) is 166. The van der Waals surface area contributed by atoms with Gasteiger partial charge >= 0.3 is 5.97 Å². The third-order valence-corrected chi connectivity index (χ3v) is 20.3. The highest BCUT2D eigenvalue weighted by Gasteiger charge is 2.40. The van der Waals surface area contributed by atoms with Crippen molar-refractivity contribution in [1.82, 2.24) is 40.4 Å². The number of cyclic esters (lactones) is 1. The van der Waals surface area contributed by atoms with Crippen LogP contribution in [0.15, 0.2) is 121 Å². The second-order valence-electron chi connectivity index (χ2n) is 26.3. The largest absolute Gasteiger partial charge is 0.455 e. The van der Waals surface area contributed by atoms with E-state index in [9.17, 15) is 38.4 Å². The first-order valence-corrected chi connectivity index (χ1v) is 34.9. The van der Waals surface area contributed by atoms with Gasteiger partial charge in [-0.25, -0.2) is 0 Å². The van der Waals surface area contributed by atoms with E-state index in [0.29, 0.717) is 28.9 Å². The van der Waals surface area contributed by atoms with Crippen LogP contribution in [0.4, 0.5) is 0 Å². The van der Waals surface area contributed by atoms with Crippen LogP contribution in [0.25, 0.3) is 0 Å². The van der Waals surface area contributed by atoms with Gasteiger partial charge in [0.1, 0.15) is 24.2 Å². The molecule has 1 aliphatic heterocycles. The Bertz CT molecular complexity index is 3210. The summed E-state index contributed by atoms with van der Waals surface area (Å²) in [5.74, 6) is -8.87. The minimum atomic E-state index is -1.33. The van der Waals surface area contributed by atoms with E-state index in [-0.39, 0.29) is 74.5 Å². The predicted octanol–water partition coefficient (Wildman–Crippen LogP) is 6.28. The third-order valence-electron chi connectivity index (χ3n) is 16.9. The highest BCUT2D eigenvalue weighted by molar-refractivity contribution is 8.77. The first-order valence-electron chi connectivity index (χ1n) is 32.6. The molecule has 1 heterocycles. The quantitative estimate of drug-likeness (QED) is 0.0457. The lowest BCUT2D eigenvalue weighted by molar-refractivity contribution is -0.157. The summed E-state index contributed by atoms with van der Waals surface area (Å²) in [6.45, 7) is 11.8. The van der Waals surface area contributed by atoms with Crippen molar-refractivity contribution >= 4 is 86.4 Å². The standard InChI is InChI=1S/C72H99N9O12S2/c1-47(2)37-59-66(87)76-57(40-51-29-19-14-20-30-51)69(90)77(8)44-63(84)79(10)58(41-52-31-21-15-22-32-52)62(83)38-48(3)68(89)78(9)49(4)61(82)43-54(39-50-27-17-13-18-28-50)71(92)93-45-64(85)80(11)60(42-53-33-23-16-24-34-53)67(88)75-56(70(91)81(59)12)35-25-26-36-74-65(86)55(73)46-94-95-72(5,6)7/h13-24,27-34,47-49,54-60H,25-26,35-46,73H2,1-12H3,(H,74,86)(H,75,88)(H,76,87)/t48-,49+,54-,55+,56+,57+,58?,59?,60+/m1/s1. The first kappa shape index (κ1) is 77.8. The number of amides is 8. The second-order valence-corrected chi connectivity index (χ2v) is 29.4. The molecular formula is C72H99N9O12S2. The van der Waals surface area contributed by atoms with Gasteiger partial charge in [-0.1, -0.05) is 184 Å². The Labute approximate surface area is 568 Å². The molecule has 0 spiro atoms. The van der Waals surface area contributed by atoms with Crippen LogP contribution < -0.4 is 21.7 Å². The zero-order chi connectivity index (χ0) is 70.1. The number of hydrogen-bond donors (Lipinski definition) is 4. The van der Waals surface area contributed by atoms with Gasteiger partial charge in [0.15, 0.2) is 18.2 Å². The number of Topliss-reactive ketones (excluding diaryl/α,β-unsaturated/α-hetero) is 2. The number of rotatable bonds is 19. The summed E-state index contributed by atoms with van der Waals surface area (Å²) in [5.41, 5.74) is 8.97. The Morgan fingerprint density at radius 1 is 0.589 bits per heavy atom. The summed E-state index contributed by atoms with van der Waals surface area (Å²) in [6.07, 6.45) is -0.00886. The molecule has 23 heteroatoms. The van der Waals surface area contributed by atoms with Gasteiger partial charge in [0.25, 0.3) is 5.91 Å². The van der Waals surface area contributed by atoms with E-state index in [1.807, 2.05) is 19.9 Å². The number of nitrogens with zero attached hydrogens (tertiary/aromatic N) is 5. The van der Waals surface area contributed by atoms with E-state index in [4.69, 9.17) is 10.5 Å². The smallest absolute Gasteiger partial charge is 0.310 e. The summed E-state index contributed by atoms with van der Waals surface area (Å²) >= 11 is 0. The molecule has 516 valence electrons. The maximum atomic E-state index is 15.4. The minimum Gasteiger partial charge on any atom is -0.455 e. The SMILES string of the molecule is CC(C)CC1C(=O)N[C@@H](Cc2ccccc2)C(=O)N(C)CC(=O)N(C)C(Cc2ccccc2)C(=O)C[C@@H](C)C(=O)N(C)[C@@H](C)C(=O)C[C@@H](Cc2ccccc2)C(=O)OCC(=O)N(C)[C@@H](Cc2ccccc2)C(=O)N[C@@H](CCCCNC(=O)[C@@H](N)CSSC(C)(C)C)C(=O)N1C. The van der Waals surface area contributed by atoms with Crippen LogP contribution in [0.2, 0.25) is 0 Å². The van der Waals surface area contributed by atoms with Gasteiger partial charge < -0.3 is 50.9 Å². The Kier molecular flexibility index (Phi) is 31.1. The molecule has 95 heavy (non-hydrogen) atoms. The van der Waals surface area contributed by atoms with Crippen molar-refractivity contribution in [3.63, 3.8) is 0 Å². The average Bonchev–Trinajstić information content (AvgIpc) is 0.860. The van der Waals surface area contributed by atoms with Crippen molar-refractivity contribution in [3.8, 4) is 0 Å². The fraction of sp³-hybridized carbons (Fsp3) is 0.514. The Balaban J connectivity index is 1.58. The Morgan fingerprint density at radius 3 is 1.62 bits per heavy atom. The first-order chi connectivity index (χ1) is 45.0. The molecule has 0 bridgehead atoms.